The van der Waals surface area contributed by atoms with Crippen LogP contribution in [0, 0.1) is 13.8 Å². The van der Waals surface area contributed by atoms with Crippen molar-refractivity contribution < 1.29 is 14.3 Å². The number of rotatable bonds is 6. The number of nitrogens with zero attached hydrogens (tertiary/aromatic N) is 2. The second-order valence-electron chi connectivity index (χ2n) is 5.35. The smallest absolute Gasteiger partial charge is 0.407 e. The molecule has 0 aliphatic heterocycles. The third-order valence-corrected chi connectivity index (χ3v) is 4.68. The number of halogens is 1. The molecule has 8 heteroatoms. The zero-order chi connectivity index (χ0) is 18.4. The largest absolute Gasteiger partial charge is 0.450 e. The lowest BCUT2D eigenvalue weighted by Gasteiger charge is -2.08. The minimum absolute atomic E-state index is 0.202. The summed E-state index contributed by atoms with van der Waals surface area (Å²) in [6.45, 7) is 6.58. The number of benzene rings is 1. The summed E-state index contributed by atoms with van der Waals surface area (Å²) in [5, 5.41) is 9.75. The second kappa shape index (κ2) is 8.66. The van der Waals surface area contributed by atoms with Gasteiger partial charge < -0.3 is 15.4 Å². The Morgan fingerprint density at radius 3 is 2.36 bits per heavy atom. The van der Waals surface area contributed by atoms with Crippen molar-refractivity contribution in [1.82, 2.24) is 20.4 Å². The Morgan fingerprint density at radius 1 is 1.16 bits per heavy atom. The van der Waals surface area contributed by atoms with Gasteiger partial charge in [-0.25, -0.2) is 9.48 Å². The molecule has 25 heavy (non-hydrogen) atoms. The van der Waals surface area contributed by atoms with Gasteiger partial charge in [-0.1, -0.05) is 0 Å². The van der Waals surface area contributed by atoms with E-state index in [1.807, 2.05) is 30.7 Å². The lowest BCUT2D eigenvalue weighted by Crippen LogP contribution is -2.34. The van der Waals surface area contributed by atoms with Crippen LogP contribution in [0.4, 0.5) is 4.79 Å². The maximum Gasteiger partial charge on any atom is 0.407 e. The molecule has 2 rings (SSSR count). The number of alkyl carbamates (subject to hydrolysis) is 1. The predicted molar refractivity (Wildman–Crippen MR) is 98.1 cm³/mol. The lowest BCUT2D eigenvalue weighted by molar-refractivity contribution is 0.0952. The normalized spacial score (nSPS) is 10.4. The van der Waals surface area contributed by atoms with E-state index in [9.17, 15) is 9.59 Å². The lowest BCUT2D eigenvalue weighted by atomic mass is 10.2. The molecule has 1 aromatic heterocycles. The molecule has 0 aliphatic rings. The van der Waals surface area contributed by atoms with E-state index in [-0.39, 0.29) is 5.91 Å². The Hall–Kier alpha value is -2.35. The Morgan fingerprint density at radius 2 is 1.80 bits per heavy atom. The van der Waals surface area contributed by atoms with Gasteiger partial charge in [0, 0.05) is 18.7 Å². The maximum atomic E-state index is 12.1. The molecule has 0 saturated heterocycles. The molecule has 1 aromatic carbocycles. The number of aromatic nitrogens is 2. The van der Waals surface area contributed by atoms with Crippen LogP contribution in [0.15, 0.2) is 28.7 Å². The Bertz CT molecular complexity index is 756. The molecule has 1 heterocycles. The van der Waals surface area contributed by atoms with Gasteiger partial charge in [0.05, 0.1) is 28.2 Å². The van der Waals surface area contributed by atoms with E-state index in [2.05, 4.69) is 31.7 Å². The first-order valence-corrected chi connectivity index (χ1v) is 8.74. The van der Waals surface area contributed by atoms with Crippen molar-refractivity contribution in [2.24, 2.45) is 0 Å². The van der Waals surface area contributed by atoms with Gasteiger partial charge in [-0.05, 0) is 61.0 Å². The van der Waals surface area contributed by atoms with E-state index in [0.29, 0.717) is 25.3 Å². The van der Waals surface area contributed by atoms with Crippen molar-refractivity contribution in [3.05, 3.63) is 45.7 Å². The van der Waals surface area contributed by atoms with Crippen LogP contribution in [0.2, 0.25) is 0 Å². The fourth-order valence-corrected chi connectivity index (χ4v) is 2.50. The van der Waals surface area contributed by atoms with Gasteiger partial charge >= 0.3 is 6.09 Å². The van der Waals surface area contributed by atoms with E-state index in [1.165, 1.54) is 0 Å². The number of carbonyl (C=O) groups is 2. The van der Waals surface area contributed by atoms with Crippen molar-refractivity contribution in [1.29, 1.82) is 0 Å². The molecule has 0 radical (unpaired) electrons. The van der Waals surface area contributed by atoms with Gasteiger partial charge in [0.2, 0.25) is 0 Å². The van der Waals surface area contributed by atoms with Gasteiger partial charge in [-0.2, -0.15) is 5.10 Å². The van der Waals surface area contributed by atoms with E-state index < -0.39 is 6.09 Å². The number of hydrogen-bond donors (Lipinski definition) is 2. The molecule has 134 valence electrons. The molecular formula is C17H21BrN4O3. The average Bonchev–Trinajstić information content (AvgIpc) is 2.86. The minimum atomic E-state index is -0.489. The highest BCUT2D eigenvalue weighted by molar-refractivity contribution is 9.10. The zero-order valence-corrected chi connectivity index (χ0v) is 16.0. The van der Waals surface area contributed by atoms with Gasteiger partial charge in [-0.3, -0.25) is 4.79 Å². The third-order valence-electron chi connectivity index (χ3n) is 3.53. The molecular weight excluding hydrogens is 388 g/mol. The second-order valence-corrected chi connectivity index (χ2v) is 6.14. The summed E-state index contributed by atoms with van der Waals surface area (Å²) in [6.07, 6.45) is -0.489. The Balaban J connectivity index is 1.92. The van der Waals surface area contributed by atoms with Crippen LogP contribution < -0.4 is 10.6 Å². The monoisotopic (exact) mass is 408 g/mol. The molecule has 2 aromatic rings. The standard InChI is InChI=1S/C17H21BrN4O3/c1-4-25-17(24)20-10-9-19-16(23)13-5-7-14(8-6-13)22-12(3)15(18)11(2)21-22/h5-8H,4,9-10H2,1-3H3,(H,19,23)(H,20,24). The van der Waals surface area contributed by atoms with E-state index in [1.54, 1.807) is 19.1 Å². The molecule has 2 N–H and O–H groups in total. The summed E-state index contributed by atoms with van der Waals surface area (Å²) in [5.74, 6) is -0.202. The fraction of sp³-hybridized carbons (Fsp3) is 0.353. The number of carbonyl (C=O) groups excluding carboxylic acids is 2. The summed E-state index contributed by atoms with van der Waals surface area (Å²) >= 11 is 3.50. The molecule has 0 unspecified atom stereocenters. The van der Waals surface area contributed by atoms with Crippen LogP contribution in [0.3, 0.4) is 0 Å². The highest BCUT2D eigenvalue weighted by Gasteiger charge is 2.11. The van der Waals surface area contributed by atoms with Crippen molar-refractivity contribution >= 4 is 27.9 Å². The summed E-state index contributed by atoms with van der Waals surface area (Å²) in [7, 11) is 0. The van der Waals surface area contributed by atoms with E-state index in [4.69, 9.17) is 4.74 Å². The summed E-state index contributed by atoms with van der Waals surface area (Å²) in [4.78, 5) is 23.2. The summed E-state index contributed by atoms with van der Waals surface area (Å²) in [6, 6.07) is 7.18. The average molecular weight is 409 g/mol. The SMILES string of the molecule is CCOC(=O)NCCNC(=O)c1ccc(-n2nc(C)c(Br)c2C)cc1. The number of nitrogens with one attached hydrogen (secondary N) is 2. The predicted octanol–water partition coefficient (Wildman–Crippen LogP) is 2.73. The third kappa shape index (κ3) is 4.82. The molecule has 0 spiro atoms. The van der Waals surface area contributed by atoms with Crippen LogP contribution in [0.5, 0.6) is 0 Å². The summed E-state index contributed by atoms with van der Waals surface area (Å²) < 4.78 is 7.53. The minimum Gasteiger partial charge on any atom is -0.450 e. The van der Waals surface area contributed by atoms with Crippen molar-refractivity contribution in [2.75, 3.05) is 19.7 Å². The van der Waals surface area contributed by atoms with Crippen molar-refractivity contribution in [2.45, 2.75) is 20.8 Å². The van der Waals surface area contributed by atoms with Crippen LogP contribution in [-0.4, -0.2) is 41.5 Å². The number of amides is 2. The molecule has 0 aliphatic carbocycles. The molecule has 0 atom stereocenters. The highest BCUT2D eigenvalue weighted by Crippen LogP contribution is 2.23. The molecule has 0 saturated carbocycles. The Labute approximate surface area is 154 Å². The zero-order valence-electron chi connectivity index (χ0n) is 14.4. The highest BCUT2D eigenvalue weighted by atomic mass is 79.9. The number of ether oxygens (including phenoxy) is 1. The first kappa shape index (κ1) is 19.0. The topological polar surface area (TPSA) is 85.3 Å². The first-order valence-electron chi connectivity index (χ1n) is 7.95. The van der Waals surface area contributed by atoms with Gasteiger partial charge in [-0.15, -0.1) is 0 Å². The number of hydrogen-bond acceptors (Lipinski definition) is 4. The molecule has 0 bridgehead atoms. The van der Waals surface area contributed by atoms with Gasteiger partial charge in [0.25, 0.3) is 5.91 Å². The molecule has 2 amide bonds. The van der Waals surface area contributed by atoms with Gasteiger partial charge in [0.1, 0.15) is 0 Å². The molecule has 0 fully saturated rings. The quantitative estimate of drug-likeness (QED) is 0.719. The van der Waals surface area contributed by atoms with Gasteiger partial charge in [0.15, 0.2) is 0 Å². The van der Waals surface area contributed by atoms with Crippen LogP contribution in [-0.2, 0) is 4.74 Å². The van der Waals surface area contributed by atoms with Crippen LogP contribution in [0.1, 0.15) is 28.7 Å². The van der Waals surface area contributed by atoms with Crippen molar-refractivity contribution in [3.8, 4) is 5.69 Å². The van der Waals surface area contributed by atoms with E-state index >= 15 is 0 Å². The number of aryl methyl sites for hydroxylation is 1. The fourth-order valence-electron chi connectivity index (χ4n) is 2.25. The van der Waals surface area contributed by atoms with E-state index in [0.717, 1.165) is 21.5 Å². The van der Waals surface area contributed by atoms with Crippen molar-refractivity contribution in [3.63, 3.8) is 0 Å². The first-order chi connectivity index (χ1) is 11.9. The van der Waals surface area contributed by atoms with Crippen LogP contribution in [0.25, 0.3) is 5.69 Å². The summed E-state index contributed by atoms with van der Waals surface area (Å²) in [5.41, 5.74) is 3.33. The molecule has 7 nitrogen and oxygen atoms in total. The van der Waals surface area contributed by atoms with Crippen LogP contribution >= 0.6 is 15.9 Å². The Kier molecular flexibility index (Phi) is 6.58. The maximum absolute atomic E-state index is 12.1.